The Morgan fingerprint density at radius 3 is 2.50 bits per heavy atom. The van der Waals surface area contributed by atoms with Crippen LogP contribution in [0.4, 0.5) is 29.0 Å². The summed E-state index contributed by atoms with van der Waals surface area (Å²) in [6.07, 6.45) is 0. The van der Waals surface area contributed by atoms with Crippen molar-refractivity contribution in [2.75, 3.05) is 16.4 Å². The van der Waals surface area contributed by atoms with E-state index in [1.165, 1.54) is 12.1 Å². The Morgan fingerprint density at radius 1 is 1.04 bits per heavy atom. The zero-order chi connectivity index (χ0) is 18.6. The Bertz CT molecular complexity index is 1160. The van der Waals surface area contributed by atoms with E-state index in [-0.39, 0.29) is 27.4 Å². The summed E-state index contributed by atoms with van der Waals surface area (Å²) in [5, 5.41) is 0.399. The van der Waals surface area contributed by atoms with E-state index in [0.717, 1.165) is 11.3 Å². The van der Waals surface area contributed by atoms with Crippen LogP contribution in [-0.4, -0.2) is 18.4 Å². The molecule has 0 fully saturated rings. The van der Waals surface area contributed by atoms with Gasteiger partial charge in [-0.1, -0.05) is 29.8 Å². The molecule has 2 aromatic carbocycles. The van der Waals surface area contributed by atoms with Crippen LogP contribution in [0.25, 0.3) is 0 Å². The molecule has 1 aromatic heterocycles. The molecule has 0 amide bonds. The van der Waals surface area contributed by atoms with Gasteiger partial charge in [0.1, 0.15) is 0 Å². The third-order valence-electron chi connectivity index (χ3n) is 4.18. The molecular weight excluding hydrogens is 374 g/mol. The first-order valence-electron chi connectivity index (χ1n) is 7.64. The summed E-state index contributed by atoms with van der Waals surface area (Å²) in [6.45, 7) is 1.91. The van der Waals surface area contributed by atoms with Gasteiger partial charge >= 0.3 is 0 Å². The number of benzene rings is 2. The van der Waals surface area contributed by atoms with Gasteiger partial charge in [-0.15, -0.1) is 0 Å². The molecule has 0 radical (unpaired) electrons. The first kappa shape index (κ1) is 16.6. The van der Waals surface area contributed by atoms with Crippen LogP contribution < -0.4 is 16.4 Å². The summed E-state index contributed by atoms with van der Waals surface area (Å²) in [7, 11) is -3.93. The molecule has 1 aliphatic heterocycles. The minimum atomic E-state index is -3.93. The maximum absolute atomic E-state index is 13.1. The lowest BCUT2D eigenvalue weighted by Crippen LogP contribution is -2.26. The van der Waals surface area contributed by atoms with Crippen LogP contribution in [0.1, 0.15) is 5.56 Å². The normalized spacial score (nSPS) is 14.6. The molecule has 2 heterocycles. The molecule has 0 atom stereocenters. The van der Waals surface area contributed by atoms with Crippen molar-refractivity contribution in [3.05, 3.63) is 53.1 Å². The summed E-state index contributed by atoms with van der Waals surface area (Å²) < 4.78 is 26.3. The maximum Gasteiger partial charge on any atom is 0.224 e. The highest BCUT2D eigenvalue weighted by atomic mass is 35.5. The van der Waals surface area contributed by atoms with Crippen LogP contribution in [0.5, 0.6) is 0 Å². The van der Waals surface area contributed by atoms with E-state index in [9.17, 15) is 8.42 Å². The lowest BCUT2D eigenvalue weighted by Gasteiger charge is -2.33. The van der Waals surface area contributed by atoms with Crippen LogP contribution >= 0.6 is 11.6 Å². The first-order chi connectivity index (χ1) is 12.3. The number of sulfone groups is 1. The second-order valence-electron chi connectivity index (χ2n) is 5.86. The van der Waals surface area contributed by atoms with E-state index in [4.69, 9.17) is 23.1 Å². The molecule has 0 saturated heterocycles. The van der Waals surface area contributed by atoms with Crippen molar-refractivity contribution in [3.8, 4) is 0 Å². The lowest BCUT2D eigenvalue weighted by atomic mass is 10.1. The van der Waals surface area contributed by atoms with Crippen molar-refractivity contribution < 1.29 is 8.42 Å². The maximum atomic E-state index is 13.1. The van der Waals surface area contributed by atoms with E-state index < -0.39 is 9.84 Å². The van der Waals surface area contributed by atoms with Crippen molar-refractivity contribution in [2.24, 2.45) is 0 Å². The molecule has 0 saturated carbocycles. The van der Waals surface area contributed by atoms with Crippen LogP contribution in [0.2, 0.25) is 5.02 Å². The molecule has 0 bridgehead atoms. The minimum absolute atomic E-state index is 0.0812. The molecule has 0 spiro atoms. The van der Waals surface area contributed by atoms with Gasteiger partial charge in [0.2, 0.25) is 15.8 Å². The Morgan fingerprint density at radius 2 is 1.77 bits per heavy atom. The summed E-state index contributed by atoms with van der Waals surface area (Å²) >= 11 is 6.15. The smallest absolute Gasteiger partial charge is 0.224 e. The van der Waals surface area contributed by atoms with Crippen LogP contribution in [0, 0.1) is 6.92 Å². The monoisotopic (exact) mass is 387 g/mol. The zero-order valence-corrected chi connectivity index (χ0v) is 15.2. The average molecular weight is 388 g/mol. The number of aromatic nitrogens is 2. The van der Waals surface area contributed by atoms with Crippen molar-refractivity contribution in [2.45, 2.75) is 16.7 Å². The van der Waals surface area contributed by atoms with Crippen molar-refractivity contribution in [1.29, 1.82) is 0 Å². The number of nitrogens with two attached hydrogens (primary N) is 2. The second kappa shape index (κ2) is 5.58. The Hall–Kier alpha value is -2.84. The fourth-order valence-electron chi connectivity index (χ4n) is 3.06. The van der Waals surface area contributed by atoms with Gasteiger partial charge in [0.25, 0.3) is 0 Å². The van der Waals surface area contributed by atoms with Gasteiger partial charge in [-0.25, -0.2) is 8.42 Å². The third kappa shape index (κ3) is 2.30. The number of rotatable bonds is 1. The minimum Gasteiger partial charge on any atom is -0.382 e. The fourth-order valence-corrected chi connectivity index (χ4v) is 4.81. The highest BCUT2D eigenvalue weighted by molar-refractivity contribution is 7.92. The van der Waals surface area contributed by atoms with E-state index in [1.807, 2.05) is 31.2 Å². The van der Waals surface area contributed by atoms with E-state index in [1.54, 1.807) is 11.0 Å². The molecule has 0 unspecified atom stereocenters. The third-order valence-corrected chi connectivity index (χ3v) is 6.27. The molecular formula is C17H14ClN5O2S. The molecule has 1 aliphatic rings. The van der Waals surface area contributed by atoms with E-state index in [0.29, 0.717) is 10.7 Å². The number of para-hydroxylation sites is 1. The number of anilines is 5. The van der Waals surface area contributed by atoms with Gasteiger partial charge in [0.15, 0.2) is 16.5 Å². The molecule has 4 N–H and O–H groups in total. The number of hydrogen-bond donors (Lipinski definition) is 2. The molecule has 9 heteroatoms. The van der Waals surface area contributed by atoms with Gasteiger partial charge in [0.05, 0.1) is 16.3 Å². The predicted octanol–water partition coefficient (Wildman–Crippen LogP) is 3.22. The average Bonchev–Trinajstić information content (AvgIpc) is 2.55. The van der Waals surface area contributed by atoms with Gasteiger partial charge in [-0.3, -0.25) is 4.90 Å². The lowest BCUT2D eigenvalue weighted by molar-refractivity contribution is 0.594. The van der Waals surface area contributed by atoms with E-state index >= 15 is 0 Å². The summed E-state index contributed by atoms with van der Waals surface area (Å²) in [5.74, 6) is -0.189. The highest BCUT2D eigenvalue weighted by Gasteiger charge is 2.39. The van der Waals surface area contributed by atoms with Crippen molar-refractivity contribution in [3.63, 3.8) is 0 Å². The number of nitrogen functional groups attached to an aromatic ring is 2. The molecule has 7 nitrogen and oxygen atoms in total. The number of aryl methyl sites for hydroxylation is 1. The quantitative estimate of drug-likeness (QED) is 0.515. The fraction of sp³-hybridized carbons (Fsp3) is 0.0588. The van der Waals surface area contributed by atoms with E-state index in [2.05, 4.69) is 9.97 Å². The highest BCUT2D eigenvalue weighted by Crippen LogP contribution is 2.49. The van der Waals surface area contributed by atoms with Crippen LogP contribution in [0.15, 0.2) is 52.3 Å². The second-order valence-corrected chi connectivity index (χ2v) is 8.15. The number of nitrogens with zero attached hydrogens (tertiary/aromatic N) is 3. The standard InChI is InChI=1S/C17H14ClN5O2S/c1-9-4-2-3-5-11(9)23-12-8-10(18)6-7-13(12)26(24,25)14-15(19)21-17(20)22-16(14)23/h2-8H,1H3,(H4,19,20,21,22). The molecule has 4 rings (SSSR count). The van der Waals surface area contributed by atoms with Crippen LogP contribution in [-0.2, 0) is 9.84 Å². The number of hydrogen-bond acceptors (Lipinski definition) is 7. The summed E-state index contributed by atoms with van der Waals surface area (Å²) in [5.41, 5.74) is 13.7. The van der Waals surface area contributed by atoms with Gasteiger partial charge < -0.3 is 11.5 Å². The van der Waals surface area contributed by atoms with Crippen LogP contribution in [0.3, 0.4) is 0 Å². The molecule has 0 aliphatic carbocycles. The Kier molecular flexibility index (Phi) is 3.57. The number of halogens is 1. The SMILES string of the molecule is Cc1ccccc1N1c2cc(Cl)ccc2S(=O)(=O)c2c(N)nc(N)nc21. The van der Waals surface area contributed by atoms with Crippen molar-refractivity contribution in [1.82, 2.24) is 9.97 Å². The Balaban J connectivity index is 2.17. The molecule has 26 heavy (non-hydrogen) atoms. The molecule has 132 valence electrons. The zero-order valence-electron chi connectivity index (χ0n) is 13.6. The largest absolute Gasteiger partial charge is 0.382 e. The predicted molar refractivity (Wildman–Crippen MR) is 101 cm³/mol. The van der Waals surface area contributed by atoms with Gasteiger partial charge in [0, 0.05) is 5.02 Å². The summed E-state index contributed by atoms with van der Waals surface area (Å²) in [6, 6.07) is 12.1. The van der Waals surface area contributed by atoms with Crippen molar-refractivity contribution >= 4 is 50.4 Å². The topological polar surface area (TPSA) is 115 Å². The number of fused-ring (bicyclic) bond motifs is 2. The van der Waals surface area contributed by atoms with Gasteiger partial charge in [-0.2, -0.15) is 9.97 Å². The molecule has 3 aromatic rings. The Labute approximate surface area is 155 Å². The summed E-state index contributed by atoms with van der Waals surface area (Å²) in [4.78, 5) is 9.64. The van der Waals surface area contributed by atoms with Gasteiger partial charge in [-0.05, 0) is 36.8 Å². The first-order valence-corrected chi connectivity index (χ1v) is 9.50.